The Hall–Kier alpha value is -1.35. The van der Waals surface area contributed by atoms with E-state index in [1.165, 1.54) is 16.4 Å². The first-order valence-corrected chi connectivity index (χ1v) is 11.1. The second-order valence-corrected chi connectivity index (χ2v) is 9.48. The van der Waals surface area contributed by atoms with Crippen molar-refractivity contribution in [2.75, 3.05) is 39.8 Å². The van der Waals surface area contributed by atoms with Gasteiger partial charge in [-0.1, -0.05) is 24.4 Å². The number of carbonyl (C=O) groups excluding carboxylic acids is 1. The number of piperazine rings is 1. The monoisotopic (exact) mass is 415 g/mol. The van der Waals surface area contributed by atoms with Crippen LogP contribution in [0.15, 0.2) is 23.1 Å². The second kappa shape index (κ2) is 8.77. The van der Waals surface area contributed by atoms with Crippen LogP contribution < -0.4 is 10.1 Å². The van der Waals surface area contributed by atoms with Gasteiger partial charge in [-0.25, -0.2) is 8.42 Å². The van der Waals surface area contributed by atoms with Gasteiger partial charge >= 0.3 is 0 Å². The predicted molar refractivity (Wildman–Crippen MR) is 104 cm³/mol. The van der Waals surface area contributed by atoms with E-state index in [2.05, 4.69) is 10.2 Å². The van der Waals surface area contributed by atoms with Crippen molar-refractivity contribution >= 4 is 27.5 Å². The van der Waals surface area contributed by atoms with Crippen LogP contribution in [0.1, 0.15) is 25.7 Å². The molecule has 0 bridgehead atoms. The standard InChI is InChI=1S/C18H26ClN3O4S/c1-21-8-10-22(11-9-21)27(24,25)17-12-14(19)6-7-16(17)26-13-18(23)20-15-4-2-3-5-15/h6-7,12,15H,2-5,8-11,13H2,1H3,(H,20,23). The van der Waals surface area contributed by atoms with Crippen molar-refractivity contribution in [1.29, 1.82) is 0 Å². The topological polar surface area (TPSA) is 79.0 Å². The highest BCUT2D eigenvalue weighted by Crippen LogP contribution is 2.30. The average Bonchev–Trinajstić information content (AvgIpc) is 3.14. The summed E-state index contributed by atoms with van der Waals surface area (Å²) in [7, 11) is -1.78. The molecule has 2 aliphatic rings. The van der Waals surface area contributed by atoms with Crippen molar-refractivity contribution in [3.8, 4) is 5.75 Å². The lowest BCUT2D eigenvalue weighted by atomic mass is 10.2. The predicted octanol–water partition coefficient (Wildman–Crippen LogP) is 1.71. The molecule has 1 N–H and O–H groups in total. The number of ether oxygens (including phenoxy) is 1. The van der Waals surface area contributed by atoms with Crippen LogP contribution in [-0.4, -0.2) is 69.4 Å². The van der Waals surface area contributed by atoms with E-state index in [4.69, 9.17) is 16.3 Å². The quantitative estimate of drug-likeness (QED) is 0.765. The molecule has 0 unspecified atom stereocenters. The normalized spacial score (nSPS) is 19.9. The molecule has 2 fully saturated rings. The number of rotatable bonds is 6. The lowest BCUT2D eigenvalue weighted by molar-refractivity contribution is -0.123. The van der Waals surface area contributed by atoms with Crippen molar-refractivity contribution in [3.63, 3.8) is 0 Å². The zero-order chi connectivity index (χ0) is 19.4. The van der Waals surface area contributed by atoms with E-state index >= 15 is 0 Å². The largest absolute Gasteiger partial charge is 0.482 e. The minimum Gasteiger partial charge on any atom is -0.482 e. The van der Waals surface area contributed by atoms with E-state index in [9.17, 15) is 13.2 Å². The molecule has 1 saturated carbocycles. The first kappa shape index (κ1) is 20.4. The highest BCUT2D eigenvalue weighted by molar-refractivity contribution is 7.89. The van der Waals surface area contributed by atoms with E-state index in [-0.39, 0.29) is 29.2 Å². The van der Waals surface area contributed by atoms with Crippen LogP contribution in [0.3, 0.4) is 0 Å². The summed E-state index contributed by atoms with van der Waals surface area (Å²) in [6.45, 7) is 1.93. The Kier molecular flexibility index (Phi) is 6.62. The van der Waals surface area contributed by atoms with Gasteiger partial charge in [0.1, 0.15) is 10.6 Å². The summed E-state index contributed by atoms with van der Waals surface area (Å²) in [5, 5.41) is 3.24. The number of nitrogens with zero attached hydrogens (tertiary/aromatic N) is 2. The molecule has 0 atom stereocenters. The van der Waals surface area contributed by atoms with E-state index < -0.39 is 10.0 Å². The number of hydrogen-bond donors (Lipinski definition) is 1. The maximum atomic E-state index is 13.1. The molecule has 150 valence electrons. The molecule has 0 spiro atoms. The Labute approximate surface area is 165 Å². The van der Waals surface area contributed by atoms with Crippen LogP contribution in [0.4, 0.5) is 0 Å². The van der Waals surface area contributed by atoms with Gasteiger partial charge in [0, 0.05) is 37.2 Å². The maximum Gasteiger partial charge on any atom is 0.258 e. The Morgan fingerprint density at radius 3 is 2.56 bits per heavy atom. The van der Waals surface area contributed by atoms with Crippen molar-refractivity contribution in [3.05, 3.63) is 23.2 Å². The van der Waals surface area contributed by atoms with E-state index in [0.29, 0.717) is 31.2 Å². The molecule has 1 aromatic rings. The summed E-state index contributed by atoms with van der Waals surface area (Å²) in [5.41, 5.74) is 0. The van der Waals surface area contributed by atoms with Gasteiger partial charge in [0.05, 0.1) is 0 Å². The Bertz CT molecular complexity index is 773. The molecular formula is C18H26ClN3O4S. The highest BCUT2D eigenvalue weighted by Gasteiger charge is 2.30. The average molecular weight is 416 g/mol. The van der Waals surface area contributed by atoms with Crippen LogP contribution in [0, 0.1) is 0 Å². The third-order valence-electron chi connectivity index (χ3n) is 5.06. The van der Waals surface area contributed by atoms with Gasteiger partial charge in [-0.05, 0) is 38.1 Å². The van der Waals surface area contributed by atoms with Crippen molar-refractivity contribution < 1.29 is 17.9 Å². The molecular weight excluding hydrogens is 390 g/mol. The molecule has 7 nitrogen and oxygen atoms in total. The smallest absolute Gasteiger partial charge is 0.258 e. The third kappa shape index (κ3) is 5.13. The first-order chi connectivity index (χ1) is 12.9. The van der Waals surface area contributed by atoms with Gasteiger partial charge in [0.2, 0.25) is 10.0 Å². The fourth-order valence-corrected chi connectivity index (χ4v) is 5.27. The number of hydrogen-bond acceptors (Lipinski definition) is 5. The molecule has 0 radical (unpaired) electrons. The summed E-state index contributed by atoms with van der Waals surface area (Å²) < 4.78 is 33.1. The maximum absolute atomic E-state index is 13.1. The van der Waals surface area contributed by atoms with Gasteiger partial charge in [0.25, 0.3) is 5.91 Å². The van der Waals surface area contributed by atoms with Gasteiger partial charge in [-0.2, -0.15) is 4.31 Å². The molecule has 1 heterocycles. The third-order valence-corrected chi connectivity index (χ3v) is 7.22. The number of nitrogens with one attached hydrogen (secondary N) is 1. The molecule has 27 heavy (non-hydrogen) atoms. The Morgan fingerprint density at radius 2 is 1.89 bits per heavy atom. The van der Waals surface area contributed by atoms with Gasteiger partial charge in [-0.3, -0.25) is 4.79 Å². The molecule has 1 saturated heterocycles. The number of benzene rings is 1. The number of amides is 1. The fraction of sp³-hybridized carbons (Fsp3) is 0.611. The van der Waals surface area contributed by atoms with Crippen LogP contribution in [0.5, 0.6) is 5.75 Å². The SMILES string of the molecule is CN1CCN(S(=O)(=O)c2cc(Cl)ccc2OCC(=O)NC2CCCC2)CC1. The zero-order valence-electron chi connectivity index (χ0n) is 15.5. The van der Waals surface area contributed by atoms with Crippen LogP contribution in [0.2, 0.25) is 5.02 Å². The summed E-state index contributed by atoms with van der Waals surface area (Å²) in [6, 6.07) is 4.65. The fourth-order valence-electron chi connectivity index (χ4n) is 3.45. The summed E-state index contributed by atoms with van der Waals surface area (Å²) in [4.78, 5) is 14.2. The van der Waals surface area contributed by atoms with Gasteiger partial charge in [0.15, 0.2) is 6.61 Å². The summed E-state index contributed by atoms with van der Waals surface area (Å²) >= 11 is 6.04. The van der Waals surface area contributed by atoms with Gasteiger partial charge in [-0.15, -0.1) is 0 Å². The van der Waals surface area contributed by atoms with Crippen LogP contribution >= 0.6 is 11.6 Å². The number of halogens is 1. The highest BCUT2D eigenvalue weighted by atomic mass is 35.5. The van der Waals surface area contributed by atoms with E-state index in [0.717, 1.165) is 25.7 Å². The number of sulfonamides is 1. The molecule has 9 heteroatoms. The summed E-state index contributed by atoms with van der Waals surface area (Å²) in [5.74, 6) is -0.0836. The first-order valence-electron chi connectivity index (χ1n) is 9.26. The zero-order valence-corrected chi connectivity index (χ0v) is 17.1. The molecule has 1 aliphatic carbocycles. The Balaban J connectivity index is 1.71. The summed E-state index contributed by atoms with van der Waals surface area (Å²) in [6.07, 6.45) is 4.21. The molecule has 1 amide bonds. The van der Waals surface area contributed by atoms with Crippen molar-refractivity contribution in [2.24, 2.45) is 0 Å². The molecule has 1 aromatic carbocycles. The van der Waals surface area contributed by atoms with Gasteiger partial charge < -0.3 is 15.0 Å². The second-order valence-electron chi connectivity index (χ2n) is 7.14. The van der Waals surface area contributed by atoms with Crippen molar-refractivity contribution in [1.82, 2.24) is 14.5 Å². The Morgan fingerprint density at radius 1 is 1.22 bits per heavy atom. The molecule has 1 aliphatic heterocycles. The van der Waals surface area contributed by atoms with Crippen LogP contribution in [0.25, 0.3) is 0 Å². The molecule has 3 rings (SSSR count). The number of carbonyl (C=O) groups is 1. The number of likely N-dealkylation sites (N-methyl/N-ethyl adjacent to an activating group) is 1. The van der Waals surface area contributed by atoms with Crippen molar-refractivity contribution in [2.45, 2.75) is 36.6 Å². The minimum atomic E-state index is -3.74. The lowest BCUT2D eigenvalue weighted by Crippen LogP contribution is -2.47. The minimum absolute atomic E-state index is 0.00761. The van der Waals surface area contributed by atoms with E-state index in [1.54, 1.807) is 6.07 Å². The molecule has 0 aromatic heterocycles. The lowest BCUT2D eigenvalue weighted by Gasteiger charge is -2.31. The van der Waals surface area contributed by atoms with E-state index in [1.807, 2.05) is 7.05 Å². The van der Waals surface area contributed by atoms with Crippen LogP contribution in [-0.2, 0) is 14.8 Å².